The highest BCUT2D eigenvalue weighted by Gasteiger charge is 2.13. The number of fused-ring (bicyclic) bond motifs is 1. The van der Waals surface area contributed by atoms with Gasteiger partial charge in [-0.05, 0) is 37.5 Å². The number of rotatable bonds is 2. The number of anilines is 1. The van der Waals surface area contributed by atoms with Gasteiger partial charge >= 0.3 is 0 Å². The summed E-state index contributed by atoms with van der Waals surface area (Å²) < 4.78 is 0. The third kappa shape index (κ3) is 1.96. The molecule has 3 rings (SSSR count). The Morgan fingerprint density at radius 1 is 1.06 bits per heavy atom. The molecule has 92 valence electrons. The second-order valence-electron chi connectivity index (χ2n) is 4.75. The monoisotopic (exact) mass is 240 g/mol. The number of benzene rings is 1. The van der Waals surface area contributed by atoms with Crippen LogP contribution in [0, 0.1) is 0 Å². The number of para-hydroxylation sites is 1. The summed E-state index contributed by atoms with van der Waals surface area (Å²) in [7, 11) is 0. The van der Waals surface area contributed by atoms with Gasteiger partial charge in [-0.2, -0.15) is 0 Å². The van der Waals surface area contributed by atoms with Gasteiger partial charge in [0.1, 0.15) is 5.82 Å². The molecule has 1 aliphatic heterocycles. The van der Waals surface area contributed by atoms with Gasteiger partial charge in [0.2, 0.25) is 0 Å². The van der Waals surface area contributed by atoms with Crippen molar-refractivity contribution in [3.05, 3.63) is 35.9 Å². The SMILES string of the molecule is O=Cc1cccc2ccc(N3CCCCC3)nc12. The van der Waals surface area contributed by atoms with E-state index in [2.05, 4.69) is 22.0 Å². The van der Waals surface area contributed by atoms with Crippen LogP contribution in [0.15, 0.2) is 30.3 Å². The fourth-order valence-electron chi connectivity index (χ4n) is 2.55. The molecule has 0 saturated carbocycles. The normalized spacial score (nSPS) is 15.9. The highest BCUT2D eigenvalue weighted by molar-refractivity contribution is 5.96. The highest BCUT2D eigenvalue weighted by Crippen LogP contribution is 2.22. The molecule has 2 heterocycles. The molecule has 0 radical (unpaired) electrons. The van der Waals surface area contributed by atoms with Crippen molar-refractivity contribution in [1.29, 1.82) is 0 Å². The van der Waals surface area contributed by atoms with Gasteiger partial charge in [-0.1, -0.05) is 12.1 Å². The summed E-state index contributed by atoms with van der Waals surface area (Å²) >= 11 is 0. The quantitative estimate of drug-likeness (QED) is 0.756. The Morgan fingerprint density at radius 2 is 1.89 bits per heavy atom. The summed E-state index contributed by atoms with van der Waals surface area (Å²) in [6.45, 7) is 2.14. The first kappa shape index (κ1) is 11.2. The van der Waals surface area contributed by atoms with Crippen LogP contribution in [0.3, 0.4) is 0 Å². The van der Waals surface area contributed by atoms with Crippen LogP contribution in [0.1, 0.15) is 29.6 Å². The molecule has 18 heavy (non-hydrogen) atoms. The molecule has 2 aromatic rings. The molecule has 1 aromatic heterocycles. The van der Waals surface area contributed by atoms with E-state index in [-0.39, 0.29) is 0 Å². The number of hydrogen-bond donors (Lipinski definition) is 0. The van der Waals surface area contributed by atoms with Crippen LogP contribution in [0.25, 0.3) is 10.9 Å². The maximum Gasteiger partial charge on any atom is 0.152 e. The molecule has 0 unspecified atom stereocenters. The first-order valence-corrected chi connectivity index (χ1v) is 6.48. The molecule has 0 atom stereocenters. The van der Waals surface area contributed by atoms with E-state index in [0.717, 1.165) is 36.1 Å². The van der Waals surface area contributed by atoms with E-state index >= 15 is 0 Å². The molecule has 0 aliphatic carbocycles. The molecular formula is C15H16N2O. The van der Waals surface area contributed by atoms with Gasteiger partial charge in [0.15, 0.2) is 6.29 Å². The zero-order valence-electron chi connectivity index (χ0n) is 10.3. The van der Waals surface area contributed by atoms with Crippen molar-refractivity contribution in [2.24, 2.45) is 0 Å². The first-order valence-electron chi connectivity index (χ1n) is 6.48. The molecule has 1 fully saturated rings. The number of hydrogen-bond acceptors (Lipinski definition) is 3. The Bertz CT molecular complexity index is 574. The third-order valence-corrected chi connectivity index (χ3v) is 3.54. The van der Waals surface area contributed by atoms with Crippen LogP contribution in [-0.4, -0.2) is 24.4 Å². The summed E-state index contributed by atoms with van der Waals surface area (Å²) in [6, 6.07) is 9.83. The predicted octanol–water partition coefficient (Wildman–Crippen LogP) is 3.04. The van der Waals surface area contributed by atoms with Crippen LogP contribution in [0.4, 0.5) is 5.82 Å². The fourth-order valence-corrected chi connectivity index (χ4v) is 2.55. The Morgan fingerprint density at radius 3 is 2.67 bits per heavy atom. The Hall–Kier alpha value is -1.90. The smallest absolute Gasteiger partial charge is 0.152 e. The lowest BCUT2D eigenvalue weighted by Gasteiger charge is -2.27. The van der Waals surface area contributed by atoms with Crippen molar-refractivity contribution >= 4 is 23.0 Å². The lowest BCUT2D eigenvalue weighted by molar-refractivity contribution is 0.112. The zero-order chi connectivity index (χ0) is 12.4. The van der Waals surface area contributed by atoms with E-state index < -0.39 is 0 Å². The number of carbonyl (C=O) groups is 1. The van der Waals surface area contributed by atoms with Crippen LogP contribution < -0.4 is 4.90 Å². The average Bonchev–Trinajstić information content (AvgIpc) is 2.47. The van der Waals surface area contributed by atoms with Crippen molar-refractivity contribution < 1.29 is 4.79 Å². The van der Waals surface area contributed by atoms with E-state index in [9.17, 15) is 4.79 Å². The molecular weight excluding hydrogens is 224 g/mol. The minimum absolute atomic E-state index is 0.673. The minimum atomic E-state index is 0.673. The van der Waals surface area contributed by atoms with Gasteiger partial charge in [-0.25, -0.2) is 4.98 Å². The van der Waals surface area contributed by atoms with E-state index in [1.165, 1.54) is 19.3 Å². The Kier molecular flexibility index (Phi) is 2.97. The van der Waals surface area contributed by atoms with Gasteiger partial charge in [-0.3, -0.25) is 4.79 Å². The largest absolute Gasteiger partial charge is 0.357 e. The topological polar surface area (TPSA) is 33.2 Å². The molecule has 0 bridgehead atoms. The van der Waals surface area contributed by atoms with Crippen LogP contribution in [0.2, 0.25) is 0 Å². The molecule has 1 saturated heterocycles. The zero-order valence-corrected chi connectivity index (χ0v) is 10.3. The Balaban J connectivity index is 2.06. The van der Waals surface area contributed by atoms with Gasteiger partial charge < -0.3 is 4.90 Å². The van der Waals surface area contributed by atoms with Gasteiger partial charge in [0, 0.05) is 24.0 Å². The number of pyridine rings is 1. The molecule has 0 N–H and O–H groups in total. The van der Waals surface area contributed by atoms with Crippen molar-refractivity contribution in [3.8, 4) is 0 Å². The van der Waals surface area contributed by atoms with E-state index in [0.29, 0.717) is 5.56 Å². The molecule has 3 nitrogen and oxygen atoms in total. The summed E-state index contributed by atoms with van der Waals surface area (Å²) in [6.07, 6.45) is 4.66. The maximum atomic E-state index is 11.1. The van der Waals surface area contributed by atoms with E-state index in [1.54, 1.807) is 0 Å². The lowest BCUT2D eigenvalue weighted by atomic mass is 10.1. The number of aldehydes is 1. The third-order valence-electron chi connectivity index (χ3n) is 3.54. The maximum absolute atomic E-state index is 11.1. The molecule has 0 amide bonds. The van der Waals surface area contributed by atoms with E-state index in [1.807, 2.05) is 18.2 Å². The summed E-state index contributed by atoms with van der Waals surface area (Å²) in [4.78, 5) is 18.0. The fraction of sp³-hybridized carbons (Fsp3) is 0.333. The number of aromatic nitrogens is 1. The van der Waals surface area contributed by atoms with Crippen molar-refractivity contribution in [2.75, 3.05) is 18.0 Å². The van der Waals surface area contributed by atoms with Crippen molar-refractivity contribution in [3.63, 3.8) is 0 Å². The summed E-state index contributed by atoms with van der Waals surface area (Å²) in [5.41, 5.74) is 1.49. The van der Waals surface area contributed by atoms with Gasteiger partial charge in [0.25, 0.3) is 0 Å². The lowest BCUT2D eigenvalue weighted by Crippen LogP contribution is -2.30. The first-order chi connectivity index (χ1) is 8.88. The molecule has 1 aliphatic rings. The molecule has 1 aromatic carbocycles. The highest BCUT2D eigenvalue weighted by atomic mass is 16.1. The van der Waals surface area contributed by atoms with E-state index in [4.69, 9.17) is 0 Å². The van der Waals surface area contributed by atoms with Gasteiger partial charge in [0.05, 0.1) is 5.52 Å². The van der Waals surface area contributed by atoms with Crippen molar-refractivity contribution in [1.82, 2.24) is 4.98 Å². The van der Waals surface area contributed by atoms with Crippen molar-refractivity contribution in [2.45, 2.75) is 19.3 Å². The second kappa shape index (κ2) is 4.77. The standard InChI is InChI=1S/C15H16N2O/c18-11-13-6-4-5-12-7-8-14(16-15(12)13)17-9-2-1-3-10-17/h4-8,11H,1-3,9-10H2. The minimum Gasteiger partial charge on any atom is -0.357 e. The number of nitrogens with zero attached hydrogens (tertiary/aromatic N) is 2. The number of carbonyl (C=O) groups excluding carboxylic acids is 1. The molecule has 3 heteroatoms. The van der Waals surface area contributed by atoms with Crippen LogP contribution in [0.5, 0.6) is 0 Å². The van der Waals surface area contributed by atoms with Gasteiger partial charge in [-0.15, -0.1) is 0 Å². The Labute approximate surface area is 106 Å². The predicted molar refractivity (Wildman–Crippen MR) is 73.2 cm³/mol. The average molecular weight is 240 g/mol. The summed E-state index contributed by atoms with van der Waals surface area (Å²) in [5, 5.41) is 1.03. The number of piperidine rings is 1. The molecule has 0 spiro atoms. The van der Waals surface area contributed by atoms with Crippen LogP contribution in [-0.2, 0) is 0 Å². The second-order valence-corrected chi connectivity index (χ2v) is 4.75. The summed E-state index contributed by atoms with van der Waals surface area (Å²) in [5.74, 6) is 0.997. The van der Waals surface area contributed by atoms with Crippen LogP contribution >= 0.6 is 0 Å².